The van der Waals surface area contributed by atoms with Crippen LogP contribution in [0, 0.1) is 11.8 Å². The Bertz CT molecular complexity index is 1730. The lowest BCUT2D eigenvalue weighted by atomic mass is 9.58. The van der Waals surface area contributed by atoms with Gasteiger partial charge < -0.3 is 19.0 Å². The molecule has 6 nitrogen and oxygen atoms in total. The zero-order valence-corrected chi connectivity index (χ0v) is 31.2. The van der Waals surface area contributed by atoms with Gasteiger partial charge in [0, 0.05) is 17.9 Å². The fraction of sp³-hybridized carbons (Fsp3) is 0.366. The van der Waals surface area contributed by atoms with E-state index < -0.39 is 11.6 Å². The quantitative estimate of drug-likeness (QED) is 0.0813. The third-order valence-electron chi connectivity index (χ3n) is 10.0. The summed E-state index contributed by atoms with van der Waals surface area (Å²) in [7, 11) is 1.61. The van der Waals surface area contributed by atoms with Gasteiger partial charge in [-0.25, -0.2) is 4.79 Å². The molecule has 0 heterocycles. The molecule has 0 bridgehead atoms. The molecule has 0 radical (unpaired) electrons. The Hall–Kier alpha value is -3.62. The lowest BCUT2D eigenvalue weighted by Gasteiger charge is -2.51. The average molecular weight is 790 g/mol. The van der Waals surface area contributed by atoms with E-state index in [-0.39, 0.29) is 24.7 Å². The molecule has 6 rings (SSSR count). The molecule has 0 aromatic heterocycles. The third kappa shape index (κ3) is 8.41. The number of rotatable bonds is 12. The Morgan fingerprint density at radius 3 is 2.14 bits per heavy atom. The van der Waals surface area contributed by atoms with Crippen molar-refractivity contribution in [2.45, 2.75) is 76.6 Å². The van der Waals surface area contributed by atoms with E-state index in [1.807, 2.05) is 66.7 Å². The van der Waals surface area contributed by atoms with Crippen LogP contribution in [0.4, 0.5) is 0 Å². The largest absolute Gasteiger partial charge is 0.494 e. The number of hydrogen-bond acceptors (Lipinski definition) is 6. The Balaban J connectivity index is 1.32. The molecule has 49 heavy (non-hydrogen) atoms. The van der Waals surface area contributed by atoms with Crippen LogP contribution in [0.1, 0.15) is 73.6 Å². The molecule has 0 unspecified atom stereocenters. The zero-order valence-electron chi connectivity index (χ0n) is 28.1. The van der Waals surface area contributed by atoms with Gasteiger partial charge in [-0.2, -0.15) is 0 Å². The Morgan fingerprint density at radius 2 is 1.47 bits per heavy atom. The number of hydrogen-bond donors (Lipinski definition) is 0. The number of esters is 1. The first-order valence-electron chi connectivity index (χ1n) is 17.1. The van der Waals surface area contributed by atoms with Gasteiger partial charge >= 0.3 is 5.97 Å². The second-order valence-electron chi connectivity index (χ2n) is 13.3. The average Bonchev–Trinajstić information content (AvgIpc) is 3.12. The summed E-state index contributed by atoms with van der Waals surface area (Å²) in [6.45, 7) is 2.70. The summed E-state index contributed by atoms with van der Waals surface area (Å²) in [5.41, 5.74) is 3.57. The number of oxime groups is 1. The van der Waals surface area contributed by atoms with Crippen molar-refractivity contribution >= 4 is 43.5 Å². The highest BCUT2D eigenvalue weighted by molar-refractivity contribution is 9.11. The summed E-state index contributed by atoms with van der Waals surface area (Å²) in [4.78, 5) is 20.3. The summed E-state index contributed by atoms with van der Waals surface area (Å²) in [6.07, 6.45) is 6.58. The second kappa shape index (κ2) is 16.4. The van der Waals surface area contributed by atoms with Crippen LogP contribution in [0.2, 0.25) is 0 Å². The van der Waals surface area contributed by atoms with Crippen LogP contribution in [0.3, 0.4) is 0 Å². The molecule has 4 atom stereocenters. The molecular weight excluding hydrogens is 746 g/mol. The summed E-state index contributed by atoms with van der Waals surface area (Å²) >= 11 is 7.37. The van der Waals surface area contributed by atoms with E-state index in [0.29, 0.717) is 34.4 Å². The van der Waals surface area contributed by atoms with Crippen LogP contribution in [0.15, 0.2) is 111 Å². The molecule has 8 heteroatoms. The first-order chi connectivity index (χ1) is 23.9. The highest BCUT2D eigenvalue weighted by atomic mass is 79.9. The fourth-order valence-corrected chi connectivity index (χ4v) is 9.45. The number of nitrogens with zero attached hydrogens (tertiary/aromatic N) is 1. The number of methoxy groups -OCH3 is 1. The topological polar surface area (TPSA) is 66.4 Å². The normalized spacial score (nSPS) is 22.1. The van der Waals surface area contributed by atoms with E-state index >= 15 is 0 Å². The SMILES string of the molecule is COc1c(Br)cc(C/C(=N\OCc2ccccc2)C(=O)O[C@@]2(C)CCC[C@H]3CCC[C@@H](c4ccccc4)[C@@H]32)c(OCc2ccccc2)c1Br. The first-order valence-corrected chi connectivity index (χ1v) is 18.7. The predicted octanol–water partition coefficient (Wildman–Crippen LogP) is 10.6. The number of benzene rings is 4. The van der Waals surface area contributed by atoms with Gasteiger partial charge in [-0.1, -0.05) is 103 Å². The summed E-state index contributed by atoms with van der Waals surface area (Å²) < 4.78 is 20.1. The van der Waals surface area contributed by atoms with Gasteiger partial charge in [0.05, 0.1) is 11.6 Å². The molecule has 0 amide bonds. The van der Waals surface area contributed by atoms with Crippen LogP contribution in [-0.4, -0.2) is 24.4 Å². The second-order valence-corrected chi connectivity index (χ2v) is 14.9. The number of carbonyl (C=O) groups is 1. The molecule has 4 aromatic carbocycles. The molecule has 2 aliphatic rings. The lowest BCUT2D eigenvalue weighted by Crippen LogP contribution is -2.51. The van der Waals surface area contributed by atoms with Crippen molar-refractivity contribution in [1.82, 2.24) is 0 Å². The van der Waals surface area contributed by atoms with E-state index in [1.165, 1.54) is 12.0 Å². The smallest absolute Gasteiger partial charge is 0.357 e. The Kier molecular flexibility index (Phi) is 11.8. The molecule has 0 N–H and O–H groups in total. The highest BCUT2D eigenvalue weighted by Gasteiger charge is 2.50. The number of carbonyl (C=O) groups excluding carboxylic acids is 1. The molecule has 0 spiro atoms. The number of fused-ring (bicyclic) bond motifs is 1. The van der Waals surface area contributed by atoms with E-state index in [2.05, 4.69) is 74.3 Å². The van der Waals surface area contributed by atoms with Crippen molar-refractivity contribution in [1.29, 1.82) is 0 Å². The van der Waals surface area contributed by atoms with E-state index in [9.17, 15) is 4.79 Å². The Morgan fingerprint density at radius 1 is 0.837 bits per heavy atom. The molecule has 2 fully saturated rings. The van der Waals surface area contributed by atoms with Crippen molar-refractivity contribution < 1.29 is 23.8 Å². The first kappa shape index (κ1) is 35.2. The minimum Gasteiger partial charge on any atom is -0.494 e. The van der Waals surface area contributed by atoms with Crippen LogP contribution >= 0.6 is 31.9 Å². The van der Waals surface area contributed by atoms with Crippen LogP contribution in [0.5, 0.6) is 11.5 Å². The highest BCUT2D eigenvalue weighted by Crippen LogP contribution is 2.54. The fourth-order valence-electron chi connectivity index (χ4n) is 7.80. The van der Waals surface area contributed by atoms with E-state index in [4.69, 9.17) is 19.0 Å². The van der Waals surface area contributed by atoms with Crippen molar-refractivity contribution in [3.05, 3.63) is 128 Å². The van der Waals surface area contributed by atoms with Crippen molar-refractivity contribution in [3.8, 4) is 11.5 Å². The molecule has 256 valence electrons. The molecule has 2 aliphatic carbocycles. The minimum atomic E-state index is -0.644. The monoisotopic (exact) mass is 787 g/mol. The molecule has 0 saturated heterocycles. The van der Waals surface area contributed by atoms with E-state index in [1.54, 1.807) is 7.11 Å². The molecule has 0 aliphatic heterocycles. The third-order valence-corrected chi connectivity index (χ3v) is 11.3. The zero-order chi connectivity index (χ0) is 34.2. The minimum absolute atomic E-state index is 0.130. The maximum absolute atomic E-state index is 14.4. The lowest BCUT2D eigenvalue weighted by molar-refractivity contribution is -0.168. The van der Waals surface area contributed by atoms with Crippen LogP contribution < -0.4 is 9.47 Å². The number of halogens is 2. The van der Waals surface area contributed by atoms with Gasteiger partial charge in [0.1, 0.15) is 29.0 Å². The van der Waals surface area contributed by atoms with Crippen molar-refractivity contribution in [3.63, 3.8) is 0 Å². The van der Waals surface area contributed by atoms with Gasteiger partial charge in [0.15, 0.2) is 11.5 Å². The summed E-state index contributed by atoms with van der Waals surface area (Å²) in [5, 5.41) is 4.48. The van der Waals surface area contributed by atoms with Crippen molar-refractivity contribution in [2.24, 2.45) is 17.0 Å². The molecule has 2 saturated carbocycles. The molecular formula is C41H43Br2NO5. The standard InChI is InChI=1S/C41H43Br2NO5/c1-41(23-13-21-31-20-12-22-33(36(31)41)30-18-10-5-11-19-30)49-40(45)35(44-48-27-29-16-8-4-9-17-29)25-32-24-34(42)39(46-2)37(43)38(32)47-26-28-14-6-3-7-15-28/h3-11,14-19,24,31,33,36H,12-13,20-23,25-27H2,1-2H3/b44-35+/t31-,33+,36-,41+/m1/s1. The molecule has 4 aromatic rings. The summed E-state index contributed by atoms with van der Waals surface area (Å²) in [5.74, 6) is 1.75. The predicted molar refractivity (Wildman–Crippen MR) is 200 cm³/mol. The van der Waals surface area contributed by atoms with Gasteiger partial charge in [0.2, 0.25) is 0 Å². The van der Waals surface area contributed by atoms with Gasteiger partial charge in [-0.05, 0) is 105 Å². The maximum Gasteiger partial charge on any atom is 0.357 e. The van der Waals surface area contributed by atoms with E-state index in [0.717, 1.165) is 53.3 Å². The van der Waals surface area contributed by atoms with Crippen LogP contribution in [0.25, 0.3) is 0 Å². The van der Waals surface area contributed by atoms with Crippen LogP contribution in [-0.2, 0) is 34.0 Å². The summed E-state index contributed by atoms with van der Waals surface area (Å²) in [6, 6.07) is 32.4. The van der Waals surface area contributed by atoms with Gasteiger partial charge in [-0.15, -0.1) is 0 Å². The van der Waals surface area contributed by atoms with Gasteiger partial charge in [0.25, 0.3) is 0 Å². The Labute approximate surface area is 306 Å². The van der Waals surface area contributed by atoms with Gasteiger partial charge in [-0.3, -0.25) is 0 Å². The maximum atomic E-state index is 14.4. The number of ether oxygens (including phenoxy) is 3. The van der Waals surface area contributed by atoms with Crippen molar-refractivity contribution in [2.75, 3.05) is 7.11 Å².